The first-order chi connectivity index (χ1) is 11.9. The lowest BCUT2D eigenvalue weighted by atomic mass is 9.95. The predicted octanol–water partition coefficient (Wildman–Crippen LogP) is 3.42. The molecule has 1 saturated heterocycles. The fraction of sp³-hybridized carbons (Fsp3) is 0.316. The highest BCUT2D eigenvalue weighted by molar-refractivity contribution is 7.92. The first-order valence-electron chi connectivity index (χ1n) is 8.04. The molecule has 1 unspecified atom stereocenters. The van der Waals surface area contributed by atoms with Gasteiger partial charge in [0.15, 0.2) is 9.84 Å². The van der Waals surface area contributed by atoms with E-state index in [4.69, 9.17) is 0 Å². The number of aliphatic carboxylic acids is 1. The molecule has 1 aromatic heterocycles. The molecule has 4 nitrogen and oxygen atoms in total. The van der Waals surface area contributed by atoms with E-state index in [1.54, 1.807) is 12.1 Å². The number of carboxylic acids is 1. The second kappa shape index (κ2) is 7.03. The predicted molar refractivity (Wildman–Crippen MR) is 98.3 cm³/mol. The quantitative estimate of drug-likeness (QED) is 0.836. The molecule has 1 atom stereocenters. The van der Waals surface area contributed by atoms with Gasteiger partial charge in [0.2, 0.25) is 0 Å². The lowest BCUT2D eigenvalue weighted by molar-refractivity contribution is -0.137. The van der Waals surface area contributed by atoms with Crippen LogP contribution in [0.2, 0.25) is 0 Å². The van der Waals surface area contributed by atoms with E-state index in [9.17, 15) is 18.3 Å². The van der Waals surface area contributed by atoms with Gasteiger partial charge >= 0.3 is 5.97 Å². The first-order valence-corrected chi connectivity index (χ1v) is 10.5. The molecule has 0 saturated carbocycles. The van der Waals surface area contributed by atoms with E-state index in [0.29, 0.717) is 17.7 Å². The van der Waals surface area contributed by atoms with Crippen molar-refractivity contribution in [2.75, 3.05) is 5.75 Å². The summed E-state index contributed by atoms with van der Waals surface area (Å²) >= 11 is 1.29. The Bertz CT molecular complexity index is 933. The second-order valence-corrected chi connectivity index (χ2v) is 9.62. The van der Waals surface area contributed by atoms with Crippen LogP contribution in [-0.4, -0.2) is 25.2 Å². The summed E-state index contributed by atoms with van der Waals surface area (Å²) in [5.74, 6) is 5.05. The van der Waals surface area contributed by atoms with Crippen LogP contribution in [0.15, 0.2) is 42.5 Å². The Hall–Kier alpha value is -2.10. The summed E-state index contributed by atoms with van der Waals surface area (Å²) in [5, 5.41) is 9.30. The summed E-state index contributed by atoms with van der Waals surface area (Å²) in [5.41, 5.74) is 0.878. The number of thiophene rings is 1. The maximum Gasteiger partial charge on any atom is 0.305 e. The molecule has 2 heterocycles. The SMILES string of the molecule is O=C(O)CC1(c2ccc(C#Cc3ccccc3)s2)CCCCS1(=O)=O. The van der Waals surface area contributed by atoms with E-state index in [-0.39, 0.29) is 12.2 Å². The van der Waals surface area contributed by atoms with Gasteiger partial charge in [0, 0.05) is 10.4 Å². The topological polar surface area (TPSA) is 71.4 Å². The normalized spacial score (nSPS) is 21.9. The van der Waals surface area contributed by atoms with Crippen LogP contribution in [0.1, 0.15) is 41.0 Å². The third-order valence-electron chi connectivity index (χ3n) is 4.43. The highest BCUT2D eigenvalue weighted by Crippen LogP contribution is 2.45. The number of carbonyl (C=O) groups is 1. The van der Waals surface area contributed by atoms with Crippen LogP contribution in [0, 0.1) is 11.8 Å². The average Bonchev–Trinajstić information content (AvgIpc) is 3.05. The van der Waals surface area contributed by atoms with E-state index in [0.717, 1.165) is 16.9 Å². The zero-order chi connectivity index (χ0) is 17.9. The zero-order valence-corrected chi connectivity index (χ0v) is 15.2. The molecule has 2 aromatic rings. The Kier molecular flexibility index (Phi) is 4.98. The average molecular weight is 374 g/mol. The summed E-state index contributed by atoms with van der Waals surface area (Å²) < 4.78 is 24.2. The molecular formula is C19H18O4S2. The Labute approximate surface area is 151 Å². The number of rotatable bonds is 3. The summed E-state index contributed by atoms with van der Waals surface area (Å²) in [6.07, 6.45) is 1.28. The lowest BCUT2D eigenvalue weighted by Crippen LogP contribution is -2.41. The molecule has 3 rings (SSSR count). The van der Waals surface area contributed by atoms with Crippen LogP contribution in [0.3, 0.4) is 0 Å². The van der Waals surface area contributed by atoms with Gasteiger partial charge in [-0.1, -0.05) is 36.5 Å². The van der Waals surface area contributed by atoms with E-state index >= 15 is 0 Å². The fourth-order valence-electron chi connectivity index (χ4n) is 3.16. The molecule has 1 aliphatic heterocycles. The van der Waals surface area contributed by atoms with Gasteiger partial charge in [-0.2, -0.15) is 0 Å². The van der Waals surface area contributed by atoms with Crippen LogP contribution >= 0.6 is 11.3 Å². The molecule has 0 amide bonds. The Balaban J connectivity index is 1.98. The molecule has 1 aliphatic rings. The van der Waals surface area contributed by atoms with Gasteiger partial charge in [0.05, 0.1) is 17.1 Å². The van der Waals surface area contributed by atoms with E-state index < -0.39 is 20.6 Å². The van der Waals surface area contributed by atoms with Gasteiger partial charge in [-0.3, -0.25) is 4.79 Å². The Morgan fingerprint density at radius 2 is 1.88 bits per heavy atom. The number of sulfone groups is 1. The van der Waals surface area contributed by atoms with Crippen LogP contribution in [-0.2, 0) is 19.4 Å². The van der Waals surface area contributed by atoms with Gasteiger partial charge in [-0.05, 0) is 37.1 Å². The van der Waals surface area contributed by atoms with Gasteiger partial charge in [-0.15, -0.1) is 11.3 Å². The second-order valence-electron chi connectivity index (χ2n) is 6.12. The zero-order valence-electron chi connectivity index (χ0n) is 13.6. The molecule has 1 aromatic carbocycles. The van der Waals surface area contributed by atoms with Crippen molar-refractivity contribution >= 4 is 27.1 Å². The maximum absolute atomic E-state index is 12.7. The highest BCUT2D eigenvalue weighted by atomic mass is 32.2. The highest BCUT2D eigenvalue weighted by Gasteiger charge is 2.49. The third-order valence-corrected chi connectivity index (χ3v) is 8.35. The minimum atomic E-state index is -3.51. The van der Waals surface area contributed by atoms with Crippen LogP contribution in [0.5, 0.6) is 0 Å². The van der Waals surface area contributed by atoms with Crippen molar-refractivity contribution in [2.24, 2.45) is 0 Å². The minimum absolute atomic E-state index is 0.0448. The van der Waals surface area contributed by atoms with E-state index in [2.05, 4.69) is 11.8 Å². The molecule has 130 valence electrons. The van der Waals surface area contributed by atoms with Crippen LogP contribution in [0.25, 0.3) is 0 Å². The minimum Gasteiger partial charge on any atom is -0.481 e. The summed E-state index contributed by atoms with van der Waals surface area (Å²) in [4.78, 5) is 12.7. The summed E-state index contributed by atoms with van der Waals surface area (Å²) in [6, 6.07) is 13.0. The Morgan fingerprint density at radius 3 is 2.56 bits per heavy atom. The number of benzene rings is 1. The van der Waals surface area contributed by atoms with Crippen molar-refractivity contribution in [3.05, 3.63) is 57.8 Å². The molecule has 0 aliphatic carbocycles. The summed E-state index contributed by atoms with van der Waals surface area (Å²) in [6.45, 7) is 0. The van der Waals surface area contributed by atoms with Crippen molar-refractivity contribution in [1.29, 1.82) is 0 Å². The standard InChI is InChI=1S/C19H18O4S2/c20-18(21)14-19(12-4-5-13-25(19,22)23)17-11-10-16(24-17)9-8-15-6-2-1-3-7-15/h1-3,6-7,10-11H,4-5,12-14H2,(H,20,21). The van der Waals surface area contributed by atoms with E-state index in [1.165, 1.54) is 11.3 Å². The van der Waals surface area contributed by atoms with Gasteiger partial charge in [0.1, 0.15) is 4.75 Å². The smallest absolute Gasteiger partial charge is 0.305 e. The van der Waals surface area contributed by atoms with Gasteiger partial charge in [0.25, 0.3) is 0 Å². The van der Waals surface area contributed by atoms with Crippen LogP contribution in [0.4, 0.5) is 0 Å². The monoisotopic (exact) mass is 374 g/mol. The molecule has 0 radical (unpaired) electrons. The van der Waals surface area contributed by atoms with Crippen molar-refractivity contribution in [1.82, 2.24) is 0 Å². The molecule has 1 fully saturated rings. The number of hydrogen-bond acceptors (Lipinski definition) is 4. The van der Waals surface area contributed by atoms with Crippen molar-refractivity contribution in [3.63, 3.8) is 0 Å². The molecule has 1 N–H and O–H groups in total. The molecular weight excluding hydrogens is 356 g/mol. The molecule has 0 bridgehead atoms. The first kappa shape index (κ1) is 17.7. The number of carboxylic acid groups (broad SMARTS) is 1. The van der Waals surface area contributed by atoms with Crippen LogP contribution < -0.4 is 0 Å². The largest absolute Gasteiger partial charge is 0.481 e. The van der Waals surface area contributed by atoms with E-state index in [1.807, 2.05) is 30.3 Å². The van der Waals surface area contributed by atoms with Crippen molar-refractivity contribution in [2.45, 2.75) is 30.4 Å². The molecule has 25 heavy (non-hydrogen) atoms. The maximum atomic E-state index is 12.7. The molecule has 6 heteroatoms. The van der Waals surface area contributed by atoms with Gasteiger partial charge < -0.3 is 5.11 Å². The molecule has 0 spiro atoms. The third kappa shape index (κ3) is 3.63. The van der Waals surface area contributed by atoms with Crippen molar-refractivity contribution < 1.29 is 18.3 Å². The Morgan fingerprint density at radius 1 is 1.12 bits per heavy atom. The summed E-state index contributed by atoms with van der Waals surface area (Å²) in [7, 11) is -3.51. The fourth-order valence-corrected chi connectivity index (χ4v) is 6.79. The number of hydrogen-bond donors (Lipinski definition) is 1. The lowest BCUT2D eigenvalue weighted by Gasteiger charge is -2.34. The van der Waals surface area contributed by atoms with Crippen molar-refractivity contribution in [3.8, 4) is 11.8 Å². The van der Waals surface area contributed by atoms with Gasteiger partial charge in [-0.25, -0.2) is 8.42 Å².